The predicted octanol–water partition coefficient (Wildman–Crippen LogP) is 3.71. The topological polar surface area (TPSA) is 46.2 Å². The van der Waals surface area contributed by atoms with Crippen molar-refractivity contribution in [3.63, 3.8) is 0 Å². The molecule has 0 heterocycles. The van der Waals surface area contributed by atoms with Crippen molar-refractivity contribution in [2.45, 2.75) is 62.8 Å². The van der Waals surface area contributed by atoms with Gasteiger partial charge < -0.3 is 0 Å². The van der Waals surface area contributed by atoms with Crippen LogP contribution in [0.25, 0.3) is 0 Å². The van der Waals surface area contributed by atoms with Crippen molar-refractivity contribution >= 4 is 10.0 Å². The highest BCUT2D eigenvalue weighted by Gasteiger charge is 2.61. The van der Waals surface area contributed by atoms with E-state index >= 15 is 0 Å². The van der Waals surface area contributed by atoms with Crippen LogP contribution in [-0.2, 0) is 10.0 Å². The van der Waals surface area contributed by atoms with Gasteiger partial charge in [0.15, 0.2) is 0 Å². The van der Waals surface area contributed by atoms with E-state index in [1.165, 1.54) is 19.3 Å². The summed E-state index contributed by atoms with van der Waals surface area (Å²) in [6.07, 6.45) is 6.82. The Morgan fingerprint density at radius 1 is 0.955 bits per heavy atom. The largest absolute Gasteiger partial charge is 0.241 e. The zero-order valence-corrected chi connectivity index (χ0v) is 14.2. The van der Waals surface area contributed by atoms with Crippen LogP contribution in [0.2, 0.25) is 0 Å². The standard InChI is InChI=1S/C18H25NO2S/c1-16-8-14-9-17(2,11-16)13-18(10-14,12-16)19-22(20,21)15-6-4-3-5-7-15/h3-7,14,19H,8-13H2,1-2H3/t14?,16-,17-,18?/m1/s1. The van der Waals surface area contributed by atoms with E-state index in [1.807, 2.05) is 6.07 Å². The lowest BCUT2D eigenvalue weighted by Gasteiger charge is -2.65. The molecule has 5 rings (SSSR count). The molecule has 0 amide bonds. The summed E-state index contributed by atoms with van der Waals surface area (Å²) in [5.41, 5.74) is 0.401. The van der Waals surface area contributed by atoms with Gasteiger partial charge in [0.25, 0.3) is 0 Å². The molecule has 4 fully saturated rings. The molecule has 4 aliphatic rings. The number of hydrogen-bond acceptors (Lipinski definition) is 2. The monoisotopic (exact) mass is 319 g/mol. The van der Waals surface area contributed by atoms with Crippen molar-refractivity contribution in [1.82, 2.24) is 4.72 Å². The van der Waals surface area contributed by atoms with E-state index in [1.54, 1.807) is 24.3 Å². The average Bonchev–Trinajstić information content (AvgIpc) is 2.34. The van der Waals surface area contributed by atoms with Crippen molar-refractivity contribution in [3.8, 4) is 0 Å². The zero-order valence-electron chi connectivity index (χ0n) is 13.4. The summed E-state index contributed by atoms with van der Waals surface area (Å²) in [6.45, 7) is 4.72. The van der Waals surface area contributed by atoms with Crippen LogP contribution in [0.4, 0.5) is 0 Å². The summed E-state index contributed by atoms with van der Waals surface area (Å²) in [5.74, 6) is 0.685. The third-order valence-corrected chi connectivity index (χ3v) is 7.63. The van der Waals surface area contributed by atoms with Crippen molar-refractivity contribution < 1.29 is 8.42 Å². The number of sulfonamides is 1. The third kappa shape index (κ3) is 2.31. The molecule has 0 saturated heterocycles. The molecule has 4 saturated carbocycles. The Balaban J connectivity index is 1.68. The minimum Gasteiger partial charge on any atom is -0.207 e. The van der Waals surface area contributed by atoms with Crippen LogP contribution >= 0.6 is 0 Å². The summed E-state index contributed by atoms with van der Waals surface area (Å²) in [5, 5.41) is 0. The lowest BCUT2D eigenvalue weighted by atomic mass is 9.43. The zero-order chi connectivity index (χ0) is 15.6. The van der Waals surface area contributed by atoms with Gasteiger partial charge in [-0.25, -0.2) is 13.1 Å². The van der Waals surface area contributed by atoms with Gasteiger partial charge in [0.2, 0.25) is 10.0 Å². The van der Waals surface area contributed by atoms with Gasteiger partial charge in [0.1, 0.15) is 0 Å². The molecule has 120 valence electrons. The second kappa shape index (κ2) is 4.35. The van der Waals surface area contributed by atoms with Crippen molar-refractivity contribution in [2.75, 3.05) is 0 Å². The van der Waals surface area contributed by atoms with Gasteiger partial charge in [0, 0.05) is 5.54 Å². The van der Waals surface area contributed by atoms with Crippen LogP contribution in [-0.4, -0.2) is 14.0 Å². The Kier molecular flexibility index (Phi) is 2.91. The molecule has 4 heteroatoms. The van der Waals surface area contributed by atoms with E-state index in [2.05, 4.69) is 18.6 Å². The minimum absolute atomic E-state index is 0.225. The van der Waals surface area contributed by atoms with E-state index in [4.69, 9.17) is 0 Å². The molecule has 4 aliphatic carbocycles. The molecule has 22 heavy (non-hydrogen) atoms. The Labute approximate surface area is 133 Å². The average molecular weight is 319 g/mol. The Hall–Kier alpha value is -0.870. The van der Waals surface area contributed by atoms with Gasteiger partial charge in [-0.15, -0.1) is 0 Å². The molecule has 0 unspecified atom stereocenters. The quantitative estimate of drug-likeness (QED) is 0.923. The fourth-order valence-corrected chi connectivity index (χ4v) is 7.94. The molecule has 2 atom stereocenters. The fraction of sp³-hybridized carbons (Fsp3) is 0.667. The fourth-order valence-electron chi connectivity index (χ4n) is 6.51. The van der Waals surface area contributed by atoms with E-state index < -0.39 is 10.0 Å². The molecular formula is C18H25NO2S. The first-order valence-electron chi connectivity index (χ1n) is 8.31. The molecule has 1 aromatic carbocycles. The van der Waals surface area contributed by atoms with E-state index in [0.29, 0.717) is 21.6 Å². The van der Waals surface area contributed by atoms with Crippen molar-refractivity contribution in [3.05, 3.63) is 30.3 Å². The predicted molar refractivity (Wildman–Crippen MR) is 86.9 cm³/mol. The van der Waals surface area contributed by atoms with Gasteiger partial charge in [-0.1, -0.05) is 32.0 Å². The number of nitrogens with one attached hydrogen (secondary N) is 1. The first-order chi connectivity index (χ1) is 10.2. The lowest BCUT2D eigenvalue weighted by molar-refractivity contribution is -0.110. The smallest absolute Gasteiger partial charge is 0.207 e. The summed E-state index contributed by atoms with van der Waals surface area (Å²) in [6, 6.07) is 8.80. The summed E-state index contributed by atoms with van der Waals surface area (Å²) in [4.78, 5) is 0.390. The van der Waals surface area contributed by atoms with Crippen LogP contribution in [0.15, 0.2) is 35.2 Å². The highest BCUT2D eigenvalue weighted by Crippen LogP contribution is 2.66. The molecule has 4 bridgehead atoms. The highest BCUT2D eigenvalue weighted by molar-refractivity contribution is 7.89. The highest BCUT2D eigenvalue weighted by atomic mass is 32.2. The maximum Gasteiger partial charge on any atom is 0.241 e. The van der Waals surface area contributed by atoms with Crippen LogP contribution < -0.4 is 4.72 Å². The van der Waals surface area contributed by atoms with Gasteiger partial charge in [-0.2, -0.15) is 0 Å². The molecule has 0 radical (unpaired) electrons. The van der Waals surface area contributed by atoms with Gasteiger partial charge >= 0.3 is 0 Å². The van der Waals surface area contributed by atoms with Crippen LogP contribution in [0.1, 0.15) is 52.4 Å². The van der Waals surface area contributed by atoms with E-state index in [0.717, 1.165) is 19.3 Å². The van der Waals surface area contributed by atoms with Crippen LogP contribution in [0.5, 0.6) is 0 Å². The van der Waals surface area contributed by atoms with Crippen molar-refractivity contribution in [2.24, 2.45) is 16.7 Å². The Bertz CT molecular complexity index is 679. The maximum absolute atomic E-state index is 12.8. The van der Waals surface area contributed by atoms with Gasteiger partial charge in [-0.3, -0.25) is 0 Å². The molecule has 0 aliphatic heterocycles. The number of hydrogen-bond donors (Lipinski definition) is 1. The SMILES string of the molecule is C[C@]12CC3CC(NS(=O)(=O)c4ccccc4)(C1)C[C@](C)(C3)C2. The molecule has 1 aromatic rings. The minimum atomic E-state index is -3.43. The first kappa shape index (κ1) is 14.7. The second-order valence-corrected chi connectivity index (χ2v) is 10.5. The maximum atomic E-state index is 12.8. The molecule has 3 nitrogen and oxygen atoms in total. The molecular weight excluding hydrogens is 294 g/mol. The summed E-state index contributed by atoms with van der Waals surface area (Å²) >= 11 is 0. The number of rotatable bonds is 3. The van der Waals surface area contributed by atoms with Crippen molar-refractivity contribution in [1.29, 1.82) is 0 Å². The summed E-state index contributed by atoms with van der Waals surface area (Å²) in [7, 11) is -3.43. The first-order valence-corrected chi connectivity index (χ1v) is 9.79. The molecule has 0 spiro atoms. The van der Waals surface area contributed by atoms with Gasteiger partial charge in [-0.05, 0) is 67.4 Å². The van der Waals surface area contributed by atoms with Gasteiger partial charge in [0.05, 0.1) is 4.90 Å². The van der Waals surface area contributed by atoms with Crippen LogP contribution in [0, 0.1) is 16.7 Å². The Morgan fingerprint density at radius 2 is 1.55 bits per heavy atom. The molecule has 1 N–H and O–H groups in total. The van der Waals surface area contributed by atoms with Crippen LogP contribution in [0.3, 0.4) is 0 Å². The van der Waals surface area contributed by atoms with E-state index in [9.17, 15) is 8.42 Å². The lowest BCUT2D eigenvalue weighted by Crippen LogP contribution is -2.65. The number of benzene rings is 1. The summed E-state index contributed by atoms with van der Waals surface area (Å²) < 4.78 is 28.8. The Morgan fingerprint density at radius 3 is 2.09 bits per heavy atom. The normalized spacial score (nSPS) is 43.5. The van der Waals surface area contributed by atoms with E-state index in [-0.39, 0.29) is 5.54 Å². The molecule has 0 aromatic heterocycles. The third-order valence-electron chi connectivity index (χ3n) is 6.03. The second-order valence-electron chi connectivity index (χ2n) is 8.83.